The second-order valence-electron chi connectivity index (χ2n) is 4.36. The zero-order chi connectivity index (χ0) is 14.8. The van der Waals surface area contributed by atoms with E-state index in [-0.39, 0.29) is 12.5 Å². The van der Waals surface area contributed by atoms with Crippen LogP contribution >= 0.6 is 0 Å². The summed E-state index contributed by atoms with van der Waals surface area (Å²) in [6, 6.07) is 5.59. The highest BCUT2D eigenvalue weighted by molar-refractivity contribution is 5.71. The molecule has 0 radical (unpaired) electrons. The molecule has 20 heavy (non-hydrogen) atoms. The molecule has 5 nitrogen and oxygen atoms in total. The van der Waals surface area contributed by atoms with Gasteiger partial charge < -0.3 is 19.5 Å². The molecular formula is C15H23NO4. The highest BCUT2D eigenvalue weighted by Crippen LogP contribution is 2.24. The van der Waals surface area contributed by atoms with Crippen molar-refractivity contribution in [2.45, 2.75) is 26.3 Å². The lowest BCUT2D eigenvalue weighted by Crippen LogP contribution is -2.24. The monoisotopic (exact) mass is 281 g/mol. The second-order valence-corrected chi connectivity index (χ2v) is 4.36. The average molecular weight is 281 g/mol. The van der Waals surface area contributed by atoms with Crippen LogP contribution < -0.4 is 14.8 Å². The van der Waals surface area contributed by atoms with Crippen LogP contribution in [0.2, 0.25) is 0 Å². The first-order valence-electron chi connectivity index (χ1n) is 6.78. The summed E-state index contributed by atoms with van der Waals surface area (Å²) in [6.45, 7) is 3.28. The fourth-order valence-corrected chi connectivity index (χ4v) is 1.68. The molecule has 1 aromatic rings. The number of unbranched alkanes of at least 4 members (excludes halogenated alkanes) is 1. The van der Waals surface area contributed by atoms with Gasteiger partial charge in [0.25, 0.3) is 0 Å². The van der Waals surface area contributed by atoms with Crippen molar-refractivity contribution in [1.29, 1.82) is 0 Å². The third-order valence-corrected chi connectivity index (χ3v) is 2.84. The number of hydrogen-bond acceptors (Lipinski definition) is 5. The maximum Gasteiger partial charge on any atom is 0.319 e. The Balaban J connectivity index is 2.39. The van der Waals surface area contributed by atoms with Crippen LogP contribution in [0.15, 0.2) is 18.2 Å². The van der Waals surface area contributed by atoms with Gasteiger partial charge in [-0.1, -0.05) is 19.4 Å². The molecule has 5 heteroatoms. The van der Waals surface area contributed by atoms with Gasteiger partial charge in [0.15, 0.2) is 0 Å². The average Bonchev–Trinajstić information content (AvgIpc) is 2.47. The van der Waals surface area contributed by atoms with Crippen LogP contribution in [0.25, 0.3) is 0 Å². The number of esters is 1. The van der Waals surface area contributed by atoms with Gasteiger partial charge in [-0.05, 0) is 12.5 Å². The molecule has 1 rings (SSSR count). The minimum atomic E-state index is -0.231. The lowest BCUT2D eigenvalue weighted by Gasteiger charge is -2.11. The molecule has 0 bridgehead atoms. The minimum absolute atomic E-state index is 0.193. The van der Waals surface area contributed by atoms with E-state index in [0.29, 0.717) is 13.2 Å². The number of nitrogens with one attached hydrogen (secondary N) is 1. The second kappa shape index (κ2) is 9.20. The van der Waals surface area contributed by atoms with Crippen molar-refractivity contribution in [2.75, 3.05) is 27.4 Å². The molecule has 1 N–H and O–H groups in total. The number of rotatable bonds is 9. The molecule has 0 heterocycles. The Kier molecular flexibility index (Phi) is 7.50. The molecule has 0 aliphatic carbocycles. The van der Waals surface area contributed by atoms with Crippen LogP contribution in [-0.2, 0) is 16.1 Å². The molecule has 0 spiro atoms. The van der Waals surface area contributed by atoms with E-state index in [1.807, 2.05) is 18.2 Å². The summed E-state index contributed by atoms with van der Waals surface area (Å²) in [5, 5.41) is 3.05. The highest BCUT2D eigenvalue weighted by atomic mass is 16.5. The highest BCUT2D eigenvalue weighted by Gasteiger charge is 2.06. The number of carbonyl (C=O) groups excluding carboxylic acids is 1. The SMILES string of the molecule is CCCCOC(=O)CNCc1ccc(OC)cc1OC. The van der Waals surface area contributed by atoms with Gasteiger partial charge in [-0.15, -0.1) is 0 Å². The van der Waals surface area contributed by atoms with E-state index < -0.39 is 0 Å². The maximum atomic E-state index is 11.4. The summed E-state index contributed by atoms with van der Waals surface area (Å²) in [5.41, 5.74) is 0.967. The zero-order valence-electron chi connectivity index (χ0n) is 12.4. The third kappa shape index (κ3) is 5.48. The van der Waals surface area contributed by atoms with Crippen LogP contribution in [-0.4, -0.2) is 33.3 Å². The van der Waals surface area contributed by atoms with E-state index in [9.17, 15) is 4.79 Å². The predicted octanol–water partition coefficient (Wildman–Crippen LogP) is 2.14. The van der Waals surface area contributed by atoms with E-state index in [4.69, 9.17) is 14.2 Å². The lowest BCUT2D eigenvalue weighted by atomic mass is 10.2. The van der Waals surface area contributed by atoms with Crippen LogP contribution in [0.1, 0.15) is 25.3 Å². The molecule has 0 saturated heterocycles. The Hall–Kier alpha value is -1.75. The quantitative estimate of drug-likeness (QED) is 0.555. The largest absolute Gasteiger partial charge is 0.497 e. The summed E-state index contributed by atoms with van der Waals surface area (Å²) in [4.78, 5) is 11.4. The van der Waals surface area contributed by atoms with Crippen molar-refractivity contribution >= 4 is 5.97 Å². The maximum absolute atomic E-state index is 11.4. The molecule has 0 amide bonds. The van der Waals surface area contributed by atoms with Crippen LogP contribution in [0.3, 0.4) is 0 Å². The van der Waals surface area contributed by atoms with Crippen molar-refractivity contribution in [3.8, 4) is 11.5 Å². The van der Waals surface area contributed by atoms with Gasteiger partial charge >= 0.3 is 5.97 Å². The van der Waals surface area contributed by atoms with Gasteiger partial charge in [-0.25, -0.2) is 0 Å². The van der Waals surface area contributed by atoms with Crippen LogP contribution in [0.5, 0.6) is 11.5 Å². The zero-order valence-corrected chi connectivity index (χ0v) is 12.4. The number of hydrogen-bond donors (Lipinski definition) is 1. The lowest BCUT2D eigenvalue weighted by molar-refractivity contribution is -0.142. The van der Waals surface area contributed by atoms with Gasteiger partial charge in [-0.2, -0.15) is 0 Å². The van der Waals surface area contributed by atoms with Gasteiger partial charge in [0.05, 0.1) is 27.4 Å². The van der Waals surface area contributed by atoms with Gasteiger partial charge in [0.1, 0.15) is 11.5 Å². The number of ether oxygens (including phenoxy) is 3. The Bertz CT molecular complexity index is 420. The molecule has 0 aliphatic heterocycles. The van der Waals surface area contributed by atoms with Crippen molar-refractivity contribution in [1.82, 2.24) is 5.32 Å². The summed E-state index contributed by atoms with van der Waals surface area (Å²) in [5.74, 6) is 1.24. The van der Waals surface area contributed by atoms with Gasteiger partial charge in [-0.3, -0.25) is 4.79 Å². The molecule has 1 aromatic carbocycles. The molecular weight excluding hydrogens is 258 g/mol. The number of carbonyl (C=O) groups is 1. The summed E-state index contributed by atoms with van der Waals surface area (Å²) in [6.07, 6.45) is 1.92. The normalized spacial score (nSPS) is 10.2. The topological polar surface area (TPSA) is 56.8 Å². The molecule has 112 valence electrons. The number of benzene rings is 1. The Morgan fingerprint density at radius 1 is 1.25 bits per heavy atom. The summed E-state index contributed by atoms with van der Waals surface area (Å²) >= 11 is 0. The van der Waals surface area contributed by atoms with E-state index in [0.717, 1.165) is 29.9 Å². The first-order chi connectivity index (χ1) is 9.71. The Morgan fingerprint density at radius 2 is 2.05 bits per heavy atom. The molecule has 0 unspecified atom stereocenters. The Labute approximate surface area is 120 Å². The van der Waals surface area contributed by atoms with Crippen LogP contribution in [0.4, 0.5) is 0 Å². The molecule has 0 saturated carbocycles. The smallest absolute Gasteiger partial charge is 0.319 e. The molecule has 0 aromatic heterocycles. The minimum Gasteiger partial charge on any atom is -0.497 e. The van der Waals surface area contributed by atoms with Gasteiger partial charge in [0.2, 0.25) is 0 Å². The summed E-state index contributed by atoms with van der Waals surface area (Å²) in [7, 11) is 3.22. The summed E-state index contributed by atoms with van der Waals surface area (Å²) < 4.78 is 15.5. The first kappa shape index (κ1) is 16.3. The van der Waals surface area contributed by atoms with Crippen molar-refractivity contribution in [2.24, 2.45) is 0 Å². The Morgan fingerprint density at radius 3 is 2.70 bits per heavy atom. The van der Waals surface area contributed by atoms with Gasteiger partial charge in [0, 0.05) is 18.2 Å². The molecule has 0 aliphatic rings. The molecule has 0 atom stereocenters. The van der Waals surface area contributed by atoms with Crippen molar-refractivity contribution < 1.29 is 19.0 Å². The van der Waals surface area contributed by atoms with E-state index in [1.165, 1.54) is 0 Å². The predicted molar refractivity (Wildman–Crippen MR) is 77.1 cm³/mol. The first-order valence-corrected chi connectivity index (χ1v) is 6.78. The fraction of sp³-hybridized carbons (Fsp3) is 0.533. The fourth-order valence-electron chi connectivity index (χ4n) is 1.68. The van der Waals surface area contributed by atoms with Crippen molar-refractivity contribution in [3.63, 3.8) is 0 Å². The molecule has 0 fully saturated rings. The van der Waals surface area contributed by atoms with E-state index in [2.05, 4.69) is 12.2 Å². The van der Waals surface area contributed by atoms with Crippen LogP contribution in [0, 0.1) is 0 Å². The van der Waals surface area contributed by atoms with Crippen molar-refractivity contribution in [3.05, 3.63) is 23.8 Å². The number of methoxy groups -OCH3 is 2. The van der Waals surface area contributed by atoms with E-state index in [1.54, 1.807) is 14.2 Å². The standard InChI is InChI=1S/C15H23NO4/c1-4-5-8-20-15(17)11-16-10-12-6-7-13(18-2)9-14(12)19-3/h6-7,9,16H,4-5,8,10-11H2,1-3H3. The van der Waals surface area contributed by atoms with E-state index >= 15 is 0 Å². The third-order valence-electron chi connectivity index (χ3n) is 2.84.